The van der Waals surface area contributed by atoms with E-state index in [0.29, 0.717) is 18.5 Å². The SMILES string of the molecule is Cn1c(CNC(=O)c2ccccc2S[C@H]2CCS(=O)(=O)C2)nc2ccccc21. The minimum Gasteiger partial charge on any atom is -0.345 e. The molecule has 1 atom stereocenters. The number of imidazole rings is 1. The fourth-order valence-corrected chi connectivity index (χ4v) is 7.02. The number of carbonyl (C=O) groups is 1. The molecule has 28 heavy (non-hydrogen) atoms. The number of thioether (sulfide) groups is 1. The van der Waals surface area contributed by atoms with Gasteiger partial charge < -0.3 is 9.88 Å². The molecule has 146 valence electrons. The van der Waals surface area contributed by atoms with Crippen LogP contribution in [0.15, 0.2) is 53.4 Å². The number of sulfone groups is 1. The Bertz CT molecular complexity index is 1140. The highest BCUT2D eigenvalue weighted by Crippen LogP contribution is 2.33. The molecule has 8 heteroatoms. The molecule has 0 radical (unpaired) electrons. The lowest BCUT2D eigenvalue weighted by atomic mass is 10.2. The van der Waals surface area contributed by atoms with Gasteiger partial charge in [0.2, 0.25) is 0 Å². The van der Waals surface area contributed by atoms with E-state index in [1.807, 2.05) is 54.1 Å². The average molecular weight is 416 g/mol. The summed E-state index contributed by atoms with van der Waals surface area (Å²) in [6.07, 6.45) is 0.628. The van der Waals surface area contributed by atoms with E-state index in [1.54, 1.807) is 6.07 Å². The van der Waals surface area contributed by atoms with Crippen LogP contribution in [0.2, 0.25) is 0 Å². The van der Waals surface area contributed by atoms with Gasteiger partial charge in [0.1, 0.15) is 5.82 Å². The van der Waals surface area contributed by atoms with E-state index < -0.39 is 9.84 Å². The first-order chi connectivity index (χ1) is 13.4. The van der Waals surface area contributed by atoms with Crippen LogP contribution in [-0.2, 0) is 23.4 Å². The fraction of sp³-hybridized carbons (Fsp3) is 0.300. The largest absolute Gasteiger partial charge is 0.345 e. The number of hydrogen-bond donors (Lipinski definition) is 1. The number of carbonyl (C=O) groups excluding carboxylic acids is 1. The van der Waals surface area contributed by atoms with Crippen molar-refractivity contribution >= 4 is 38.5 Å². The van der Waals surface area contributed by atoms with E-state index in [0.717, 1.165) is 21.8 Å². The predicted octanol–water partition coefficient (Wildman–Crippen LogP) is 2.78. The summed E-state index contributed by atoms with van der Waals surface area (Å²) in [4.78, 5) is 18.2. The first-order valence-electron chi connectivity index (χ1n) is 9.07. The van der Waals surface area contributed by atoms with Gasteiger partial charge >= 0.3 is 0 Å². The molecule has 1 aromatic heterocycles. The van der Waals surface area contributed by atoms with E-state index >= 15 is 0 Å². The molecule has 0 bridgehead atoms. The van der Waals surface area contributed by atoms with Crippen LogP contribution in [0.5, 0.6) is 0 Å². The van der Waals surface area contributed by atoms with Crippen LogP contribution >= 0.6 is 11.8 Å². The Kier molecular flexibility index (Phi) is 5.16. The van der Waals surface area contributed by atoms with Crippen molar-refractivity contribution in [3.05, 3.63) is 59.9 Å². The molecule has 1 saturated heterocycles. The molecule has 6 nitrogen and oxygen atoms in total. The maximum Gasteiger partial charge on any atom is 0.252 e. The number of aryl methyl sites for hydroxylation is 1. The molecule has 1 aliphatic rings. The van der Waals surface area contributed by atoms with Gasteiger partial charge in [-0.15, -0.1) is 11.8 Å². The third-order valence-electron chi connectivity index (χ3n) is 4.90. The maximum atomic E-state index is 12.8. The van der Waals surface area contributed by atoms with E-state index in [4.69, 9.17) is 0 Å². The maximum absolute atomic E-state index is 12.8. The van der Waals surface area contributed by atoms with Gasteiger partial charge in [0.15, 0.2) is 9.84 Å². The smallest absolute Gasteiger partial charge is 0.252 e. The Labute approximate surface area is 168 Å². The Hall–Kier alpha value is -2.32. The van der Waals surface area contributed by atoms with Crippen molar-refractivity contribution in [1.82, 2.24) is 14.9 Å². The van der Waals surface area contributed by atoms with Gasteiger partial charge in [0.25, 0.3) is 5.91 Å². The molecule has 0 saturated carbocycles. The average Bonchev–Trinajstić information content (AvgIpc) is 3.19. The molecular weight excluding hydrogens is 394 g/mol. The van der Waals surface area contributed by atoms with E-state index in [2.05, 4.69) is 10.3 Å². The lowest BCUT2D eigenvalue weighted by Crippen LogP contribution is -2.25. The van der Waals surface area contributed by atoms with Gasteiger partial charge in [-0.05, 0) is 30.7 Å². The number of nitrogens with zero attached hydrogens (tertiary/aromatic N) is 2. The summed E-state index contributed by atoms with van der Waals surface area (Å²) in [7, 11) is -1.01. The third kappa shape index (κ3) is 3.93. The highest BCUT2D eigenvalue weighted by molar-refractivity contribution is 8.02. The monoisotopic (exact) mass is 415 g/mol. The molecule has 4 rings (SSSR count). The number of rotatable bonds is 5. The number of nitrogens with one attached hydrogen (secondary N) is 1. The van der Waals surface area contributed by atoms with Gasteiger partial charge in [-0.25, -0.2) is 13.4 Å². The molecular formula is C20H21N3O3S2. The minimum absolute atomic E-state index is 0.00112. The highest BCUT2D eigenvalue weighted by Gasteiger charge is 2.29. The summed E-state index contributed by atoms with van der Waals surface area (Å²) < 4.78 is 25.4. The summed E-state index contributed by atoms with van der Waals surface area (Å²) in [5.74, 6) is 0.997. The lowest BCUT2D eigenvalue weighted by Gasteiger charge is -2.12. The molecule has 0 unspecified atom stereocenters. The summed E-state index contributed by atoms with van der Waals surface area (Å²) in [6.45, 7) is 0.320. The molecule has 0 spiro atoms. The van der Waals surface area contributed by atoms with Gasteiger partial charge in [0.05, 0.1) is 34.6 Å². The second kappa shape index (κ2) is 7.60. The van der Waals surface area contributed by atoms with Crippen LogP contribution in [0.25, 0.3) is 11.0 Å². The van der Waals surface area contributed by atoms with Crippen LogP contribution < -0.4 is 5.32 Å². The lowest BCUT2D eigenvalue weighted by molar-refractivity contribution is 0.0946. The number of aromatic nitrogens is 2. The molecule has 1 fully saturated rings. The van der Waals surface area contributed by atoms with Crippen LogP contribution in [0, 0.1) is 0 Å². The van der Waals surface area contributed by atoms with Gasteiger partial charge in [-0.2, -0.15) is 0 Å². The van der Waals surface area contributed by atoms with Crippen molar-refractivity contribution < 1.29 is 13.2 Å². The van der Waals surface area contributed by atoms with Crippen LogP contribution in [0.1, 0.15) is 22.6 Å². The van der Waals surface area contributed by atoms with Gasteiger partial charge in [-0.1, -0.05) is 24.3 Å². The van der Waals surface area contributed by atoms with Crippen molar-refractivity contribution in [2.45, 2.75) is 23.1 Å². The summed E-state index contributed by atoms with van der Waals surface area (Å²) in [5, 5.41) is 2.94. The zero-order valence-corrected chi connectivity index (χ0v) is 17.1. The third-order valence-corrected chi connectivity index (χ3v) is 8.23. The summed E-state index contributed by atoms with van der Waals surface area (Å²) in [6, 6.07) is 15.2. The van der Waals surface area contributed by atoms with Crippen molar-refractivity contribution in [2.24, 2.45) is 7.05 Å². The Morgan fingerprint density at radius 1 is 1.21 bits per heavy atom. The first-order valence-corrected chi connectivity index (χ1v) is 11.8. The normalized spacial score (nSPS) is 18.4. The van der Waals surface area contributed by atoms with Crippen LogP contribution in [0.3, 0.4) is 0 Å². The zero-order chi connectivity index (χ0) is 19.7. The fourth-order valence-electron chi connectivity index (χ4n) is 3.40. The molecule has 0 aliphatic carbocycles. The van der Waals surface area contributed by atoms with Gasteiger partial charge in [0, 0.05) is 17.2 Å². The number of hydrogen-bond acceptors (Lipinski definition) is 5. The van der Waals surface area contributed by atoms with Crippen molar-refractivity contribution in [3.8, 4) is 0 Å². The molecule has 1 aliphatic heterocycles. The predicted molar refractivity (Wildman–Crippen MR) is 111 cm³/mol. The standard InChI is InChI=1S/C20H21N3O3S2/c1-23-17-8-4-3-7-16(17)22-19(23)12-21-20(24)15-6-2-5-9-18(15)27-14-10-11-28(25,26)13-14/h2-9,14H,10-13H2,1H3,(H,21,24)/t14-/m0/s1. The highest BCUT2D eigenvalue weighted by atomic mass is 32.2. The van der Waals surface area contributed by atoms with Crippen molar-refractivity contribution in [3.63, 3.8) is 0 Å². The Balaban J connectivity index is 1.48. The van der Waals surface area contributed by atoms with Crippen LogP contribution in [-0.4, -0.2) is 40.6 Å². The minimum atomic E-state index is -2.94. The summed E-state index contributed by atoms with van der Waals surface area (Å²) >= 11 is 1.48. The summed E-state index contributed by atoms with van der Waals surface area (Å²) in [5.41, 5.74) is 2.48. The first kappa shape index (κ1) is 19.0. The van der Waals surface area contributed by atoms with E-state index in [9.17, 15) is 13.2 Å². The molecule has 3 aromatic rings. The van der Waals surface area contributed by atoms with Crippen LogP contribution in [0.4, 0.5) is 0 Å². The number of para-hydroxylation sites is 2. The quantitative estimate of drug-likeness (QED) is 0.693. The molecule has 1 amide bonds. The molecule has 2 heterocycles. The zero-order valence-electron chi connectivity index (χ0n) is 15.5. The second-order valence-corrected chi connectivity index (χ2v) is 10.5. The van der Waals surface area contributed by atoms with Gasteiger partial charge in [-0.3, -0.25) is 4.79 Å². The number of amides is 1. The molecule has 1 N–H and O–H groups in total. The van der Waals surface area contributed by atoms with E-state index in [1.165, 1.54) is 11.8 Å². The van der Waals surface area contributed by atoms with Crippen molar-refractivity contribution in [2.75, 3.05) is 11.5 Å². The Morgan fingerprint density at radius 2 is 1.96 bits per heavy atom. The Morgan fingerprint density at radius 3 is 2.71 bits per heavy atom. The second-order valence-electron chi connectivity index (χ2n) is 6.90. The topological polar surface area (TPSA) is 81.1 Å². The molecule has 2 aromatic carbocycles. The van der Waals surface area contributed by atoms with E-state index in [-0.39, 0.29) is 22.7 Å². The number of benzene rings is 2. The number of fused-ring (bicyclic) bond motifs is 1. The van der Waals surface area contributed by atoms with Crippen molar-refractivity contribution in [1.29, 1.82) is 0 Å².